The highest BCUT2D eigenvalue weighted by atomic mass is 16.6. The van der Waals surface area contributed by atoms with Crippen molar-refractivity contribution < 1.29 is 30.0 Å². The average molecular weight is 260 g/mol. The second-order valence-electron chi connectivity index (χ2n) is 3.56. The third-order valence-corrected chi connectivity index (χ3v) is 2.25. The van der Waals surface area contributed by atoms with Gasteiger partial charge in [-0.3, -0.25) is 0 Å². The van der Waals surface area contributed by atoms with Gasteiger partial charge in [0, 0.05) is 12.4 Å². The van der Waals surface area contributed by atoms with Gasteiger partial charge in [0.15, 0.2) is 6.29 Å². The molecule has 0 saturated carbocycles. The molecule has 102 valence electrons. The highest BCUT2D eigenvalue weighted by Gasteiger charge is 2.41. The lowest BCUT2D eigenvalue weighted by atomic mass is 10.1. The molecule has 0 bridgehead atoms. The molecule has 4 atom stereocenters. The fourth-order valence-electron chi connectivity index (χ4n) is 1.28. The van der Waals surface area contributed by atoms with E-state index >= 15 is 0 Å². The number of nitrogens with one attached hydrogen (secondary N) is 2. The summed E-state index contributed by atoms with van der Waals surface area (Å²) in [6, 6.07) is -0.199. The maximum Gasteiger partial charge on any atom is 0.322 e. The van der Waals surface area contributed by atoms with Gasteiger partial charge in [0.1, 0.15) is 18.3 Å². The molecule has 1 unspecified atom stereocenters. The van der Waals surface area contributed by atoms with Gasteiger partial charge in [-0.1, -0.05) is 0 Å². The van der Waals surface area contributed by atoms with Crippen LogP contribution in [-0.4, -0.2) is 57.7 Å². The number of hydrogen-bond donors (Lipinski definition) is 6. The SMILES string of the molecule is O=C1NC=CC=CN1.OC[C@H]1OC(O)[C@H](O)[C@@H]1O. The maximum absolute atomic E-state index is 10.4. The number of carbonyl (C=O) groups excluding carboxylic acids is 1. The van der Waals surface area contributed by atoms with Crippen molar-refractivity contribution in [2.75, 3.05) is 6.61 Å². The van der Waals surface area contributed by atoms with Gasteiger partial charge in [0.2, 0.25) is 0 Å². The number of amides is 2. The zero-order valence-electron chi connectivity index (χ0n) is 9.43. The largest absolute Gasteiger partial charge is 0.394 e. The van der Waals surface area contributed by atoms with Gasteiger partial charge >= 0.3 is 6.03 Å². The standard InChI is InChI=1S/C5H6N2O.C5H10O5/c8-5-6-3-1-2-4-7-5;6-1-2-3(7)4(8)5(9)10-2/h1-4H,(H2,6,7,8);2-9H,1H2/t;2-,3-,4-,5?/m.1/s1. The van der Waals surface area contributed by atoms with Crippen LogP contribution in [0.15, 0.2) is 24.6 Å². The second-order valence-corrected chi connectivity index (χ2v) is 3.56. The summed E-state index contributed by atoms with van der Waals surface area (Å²) in [6.07, 6.45) is 1.85. The summed E-state index contributed by atoms with van der Waals surface area (Å²) in [5.41, 5.74) is 0. The molecule has 2 aliphatic heterocycles. The Kier molecular flexibility index (Phi) is 5.75. The molecule has 2 aliphatic rings. The van der Waals surface area contributed by atoms with Gasteiger partial charge in [0.25, 0.3) is 0 Å². The zero-order valence-corrected chi connectivity index (χ0v) is 9.43. The molecule has 0 aromatic heterocycles. The first kappa shape index (κ1) is 14.6. The monoisotopic (exact) mass is 260 g/mol. The van der Waals surface area contributed by atoms with Crippen molar-refractivity contribution >= 4 is 6.03 Å². The van der Waals surface area contributed by atoms with Gasteiger partial charge in [-0.05, 0) is 12.2 Å². The van der Waals surface area contributed by atoms with Crippen molar-refractivity contribution in [3.63, 3.8) is 0 Å². The second kappa shape index (κ2) is 7.09. The Morgan fingerprint density at radius 2 is 1.67 bits per heavy atom. The Balaban J connectivity index is 0.000000184. The quantitative estimate of drug-likeness (QED) is 0.315. The van der Waals surface area contributed by atoms with E-state index < -0.39 is 31.2 Å². The minimum atomic E-state index is -1.38. The van der Waals surface area contributed by atoms with E-state index in [4.69, 9.17) is 20.4 Å². The minimum absolute atomic E-state index is 0.199. The number of rotatable bonds is 1. The molecule has 1 fully saturated rings. The van der Waals surface area contributed by atoms with Crippen LogP contribution in [0.4, 0.5) is 4.79 Å². The Hall–Kier alpha value is -1.45. The topological polar surface area (TPSA) is 131 Å². The highest BCUT2D eigenvalue weighted by Crippen LogP contribution is 2.18. The zero-order chi connectivity index (χ0) is 13.5. The fourth-order valence-corrected chi connectivity index (χ4v) is 1.28. The molecule has 2 rings (SSSR count). The molecule has 0 spiro atoms. The van der Waals surface area contributed by atoms with Crippen LogP contribution in [-0.2, 0) is 4.74 Å². The first-order chi connectivity index (χ1) is 8.56. The maximum atomic E-state index is 10.4. The summed E-state index contributed by atoms with van der Waals surface area (Å²) >= 11 is 0. The molecule has 18 heavy (non-hydrogen) atoms. The van der Waals surface area contributed by atoms with E-state index in [1.54, 1.807) is 24.6 Å². The number of urea groups is 1. The van der Waals surface area contributed by atoms with Crippen molar-refractivity contribution in [2.24, 2.45) is 0 Å². The van der Waals surface area contributed by atoms with Crippen LogP contribution < -0.4 is 10.6 Å². The van der Waals surface area contributed by atoms with Gasteiger partial charge < -0.3 is 35.8 Å². The van der Waals surface area contributed by atoms with Crippen molar-refractivity contribution in [3.05, 3.63) is 24.6 Å². The lowest BCUT2D eigenvalue weighted by Gasteiger charge is -2.09. The third kappa shape index (κ3) is 4.09. The van der Waals surface area contributed by atoms with Crippen LogP contribution in [0.25, 0.3) is 0 Å². The van der Waals surface area contributed by atoms with Crippen LogP contribution in [0.5, 0.6) is 0 Å². The smallest absolute Gasteiger partial charge is 0.322 e. The fraction of sp³-hybridized carbons (Fsp3) is 0.500. The van der Waals surface area contributed by atoms with E-state index in [-0.39, 0.29) is 6.03 Å². The molecule has 0 aromatic rings. The Morgan fingerprint density at radius 3 is 2.00 bits per heavy atom. The summed E-state index contributed by atoms with van der Waals surface area (Å²) in [5.74, 6) is 0. The minimum Gasteiger partial charge on any atom is -0.394 e. The van der Waals surface area contributed by atoms with E-state index in [2.05, 4.69) is 15.4 Å². The molecular formula is C10H16N2O6. The number of hydrogen-bond acceptors (Lipinski definition) is 6. The number of allylic oxidation sites excluding steroid dienone is 2. The normalized spacial score (nSPS) is 34.1. The number of aliphatic hydroxyl groups is 4. The summed E-state index contributed by atoms with van der Waals surface area (Å²) in [7, 11) is 0. The van der Waals surface area contributed by atoms with E-state index in [0.717, 1.165) is 0 Å². The van der Waals surface area contributed by atoms with Crippen LogP contribution in [0.1, 0.15) is 0 Å². The van der Waals surface area contributed by atoms with Gasteiger partial charge in [-0.25, -0.2) is 4.79 Å². The summed E-state index contributed by atoms with van der Waals surface area (Å²) in [5, 5.41) is 39.9. The van der Waals surface area contributed by atoms with Crippen molar-refractivity contribution in [3.8, 4) is 0 Å². The van der Waals surface area contributed by atoms with E-state index in [0.29, 0.717) is 0 Å². The number of ether oxygens (including phenoxy) is 1. The molecule has 8 heteroatoms. The summed E-state index contributed by atoms with van der Waals surface area (Å²) < 4.78 is 4.54. The number of aliphatic hydroxyl groups excluding tert-OH is 4. The highest BCUT2D eigenvalue weighted by molar-refractivity contribution is 5.76. The molecular weight excluding hydrogens is 244 g/mol. The van der Waals surface area contributed by atoms with Crippen LogP contribution in [0.3, 0.4) is 0 Å². The van der Waals surface area contributed by atoms with Crippen molar-refractivity contribution in [2.45, 2.75) is 24.6 Å². The first-order valence-corrected chi connectivity index (χ1v) is 5.25. The van der Waals surface area contributed by atoms with Crippen LogP contribution in [0, 0.1) is 0 Å². The first-order valence-electron chi connectivity index (χ1n) is 5.25. The van der Waals surface area contributed by atoms with E-state index in [1.165, 1.54) is 0 Å². The molecule has 2 heterocycles. The Morgan fingerprint density at radius 1 is 1.11 bits per heavy atom. The van der Waals surface area contributed by atoms with Crippen molar-refractivity contribution in [1.29, 1.82) is 0 Å². The summed E-state index contributed by atoms with van der Waals surface area (Å²) in [4.78, 5) is 10.4. The van der Waals surface area contributed by atoms with Crippen LogP contribution in [0.2, 0.25) is 0 Å². The lowest BCUT2D eigenvalue weighted by Crippen LogP contribution is -2.33. The predicted molar refractivity (Wildman–Crippen MR) is 59.9 cm³/mol. The molecule has 8 nitrogen and oxygen atoms in total. The van der Waals surface area contributed by atoms with E-state index in [9.17, 15) is 4.79 Å². The third-order valence-electron chi connectivity index (χ3n) is 2.25. The Bertz CT molecular complexity index is 316. The number of carbonyl (C=O) groups is 1. The molecule has 6 N–H and O–H groups in total. The van der Waals surface area contributed by atoms with Gasteiger partial charge in [0.05, 0.1) is 6.61 Å². The molecule has 0 aliphatic carbocycles. The Labute approximate surface area is 103 Å². The van der Waals surface area contributed by atoms with E-state index in [1.807, 2.05) is 0 Å². The van der Waals surface area contributed by atoms with Crippen molar-refractivity contribution in [1.82, 2.24) is 10.6 Å². The van der Waals surface area contributed by atoms with Gasteiger partial charge in [-0.2, -0.15) is 0 Å². The molecule has 2 amide bonds. The molecule has 1 saturated heterocycles. The van der Waals surface area contributed by atoms with Crippen LogP contribution >= 0.6 is 0 Å². The lowest BCUT2D eigenvalue weighted by molar-refractivity contribution is -0.132. The molecule has 0 aromatic carbocycles. The summed E-state index contributed by atoms with van der Waals surface area (Å²) in [6.45, 7) is -0.407. The molecule has 0 radical (unpaired) electrons. The average Bonchev–Trinajstić information content (AvgIpc) is 2.56. The predicted octanol–water partition coefficient (Wildman–Crippen LogP) is -2.26. The van der Waals surface area contributed by atoms with Gasteiger partial charge in [-0.15, -0.1) is 0 Å².